The first-order valence-corrected chi connectivity index (χ1v) is 11.0. The van der Waals surface area contributed by atoms with Gasteiger partial charge in [-0.2, -0.15) is 13.9 Å². The van der Waals surface area contributed by atoms with Crippen molar-refractivity contribution in [1.82, 2.24) is 4.68 Å². The first kappa shape index (κ1) is 25.2. The Balaban J connectivity index is 2.07. The monoisotopic (exact) mass is 493 g/mol. The van der Waals surface area contributed by atoms with Gasteiger partial charge in [-0.3, -0.25) is 4.99 Å². The van der Waals surface area contributed by atoms with Crippen molar-refractivity contribution in [1.29, 1.82) is 0 Å². The minimum atomic E-state index is -2.89. The molecule has 0 saturated heterocycles. The van der Waals surface area contributed by atoms with Gasteiger partial charge in [-0.15, -0.1) is 11.3 Å². The lowest BCUT2D eigenvalue weighted by atomic mass is 10.1. The highest BCUT2D eigenvalue weighted by molar-refractivity contribution is 7.07. The molecule has 0 atom stereocenters. The maximum absolute atomic E-state index is 12.5. The smallest absolute Gasteiger partial charge is 0.387 e. The van der Waals surface area contributed by atoms with Crippen LogP contribution in [0.15, 0.2) is 51.9 Å². The number of thiazole rings is 1. The molecule has 8 nitrogen and oxygen atoms in total. The Morgan fingerprint density at radius 2 is 1.65 bits per heavy atom. The Bertz CT molecular complexity index is 1150. The molecule has 1 aromatic heterocycles. The van der Waals surface area contributed by atoms with Crippen LogP contribution in [0.5, 0.6) is 23.0 Å². The van der Waals surface area contributed by atoms with Crippen LogP contribution in [0, 0.1) is 0 Å². The van der Waals surface area contributed by atoms with Crippen molar-refractivity contribution in [2.24, 2.45) is 10.1 Å². The first-order valence-electron chi connectivity index (χ1n) is 10.1. The molecule has 3 aromatic rings. The van der Waals surface area contributed by atoms with Crippen molar-refractivity contribution in [3.63, 3.8) is 0 Å². The van der Waals surface area contributed by atoms with Crippen LogP contribution in [0.4, 0.5) is 8.78 Å². The predicted molar refractivity (Wildman–Crippen MR) is 126 cm³/mol. The fourth-order valence-corrected chi connectivity index (χ4v) is 3.90. The average molecular weight is 494 g/mol. The molecule has 0 aliphatic rings. The van der Waals surface area contributed by atoms with Crippen molar-refractivity contribution in [3.05, 3.63) is 52.1 Å². The van der Waals surface area contributed by atoms with Crippen LogP contribution in [0.2, 0.25) is 0 Å². The molecule has 1 heterocycles. The van der Waals surface area contributed by atoms with Gasteiger partial charge in [-0.25, -0.2) is 4.68 Å². The molecular formula is C23H25F2N3O5S. The van der Waals surface area contributed by atoms with Gasteiger partial charge in [0.1, 0.15) is 23.0 Å². The van der Waals surface area contributed by atoms with E-state index in [0.717, 1.165) is 5.56 Å². The quantitative estimate of drug-likeness (QED) is 0.295. The fraction of sp³-hybridized carbons (Fsp3) is 0.304. The summed E-state index contributed by atoms with van der Waals surface area (Å²) in [5, 5.41) is 6.53. The van der Waals surface area contributed by atoms with E-state index in [9.17, 15) is 8.78 Å². The molecule has 0 amide bonds. The average Bonchev–Trinajstić information content (AvgIpc) is 3.24. The molecule has 0 N–H and O–H groups in total. The third-order valence-electron chi connectivity index (χ3n) is 4.66. The van der Waals surface area contributed by atoms with Crippen molar-refractivity contribution in [2.75, 3.05) is 41.6 Å². The molecule has 0 bridgehead atoms. The van der Waals surface area contributed by atoms with E-state index in [4.69, 9.17) is 18.9 Å². The van der Waals surface area contributed by atoms with Crippen LogP contribution in [-0.2, 0) is 4.74 Å². The van der Waals surface area contributed by atoms with E-state index in [1.807, 2.05) is 5.38 Å². The second-order valence-electron chi connectivity index (χ2n) is 6.68. The van der Waals surface area contributed by atoms with Gasteiger partial charge in [0.2, 0.25) is 4.80 Å². The maximum atomic E-state index is 12.5. The summed E-state index contributed by atoms with van der Waals surface area (Å²) in [6.45, 7) is -1.99. The summed E-state index contributed by atoms with van der Waals surface area (Å²) in [6, 6.07) is 9.77. The fourth-order valence-electron chi connectivity index (χ4n) is 3.03. The van der Waals surface area contributed by atoms with Crippen molar-refractivity contribution < 1.29 is 32.5 Å². The van der Waals surface area contributed by atoms with E-state index < -0.39 is 6.61 Å². The molecule has 11 heteroatoms. The second kappa shape index (κ2) is 12.1. The number of methoxy groups -OCH3 is 4. The van der Waals surface area contributed by atoms with E-state index in [-0.39, 0.29) is 5.75 Å². The molecule has 34 heavy (non-hydrogen) atoms. The first-order chi connectivity index (χ1) is 16.5. The Kier molecular flexibility index (Phi) is 9.00. The van der Waals surface area contributed by atoms with Crippen LogP contribution >= 0.6 is 11.3 Å². The number of benzene rings is 2. The molecule has 0 aliphatic carbocycles. The highest BCUT2D eigenvalue weighted by Gasteiger charge is 2.13. The topological polar surface area (TPSA) is 75.8 Å². The van der Waals surface area contributed by atoms with E-state index in [1.165, 1.54) is 23.5 Å². The van der Waals surface area contributed by atoms with Gasteiger partial charge in [0.05, 0.1) is 52.0 Å². The lowest BCUT2D eigenvalue weighted by Crippen LogP contribution is -2.14. The van der Waals surface area contributed by atoms with Crippen LogP contribution in [0.3, 0.4) is 0 Å². The Morgan fingerprint density at radius 3 is 2.21 bits per heavy atom. The lowest BCUT2D eigenvalue weighted by Gasteiger charge is -2.12. The van der Waals surface area contributed by atoms with E-state index in [2.05, 4.69) is 14.8 Å². The third kappa shape index (κ3) is 6.12. The summed E-state index contributed by atoms with van der Waals surface area (Å²) in [5.41, 5.74) is 2.07. The summed E-state index contributed by atoms with van der Waals surface area (Å²) >= 11 is 1.39. The normalized spacial score (nSPS) is 11.9. The molecule has 0 saturated carbocycles. The molecule has 0 fully saturated rings. The molecule has 0 spiro atoms. The maximum Gasteiger partial charge on any atom is 0.387 e. The molecular weight excluding hydrogens is 468 g/mol. The van der Waals surface area contributed by atoms with E-state index >= 15 is 0 Å². The zero-order valence-electron chi connectivity index (χ0n) is 19.2. The number of hydrogen-bond donors (Lipinski definition) is 0. The molecule has 0 aliphatic heterocycles. The van der Waals surface area contributed by atoms with Crippen molar-refractivity contribution in [2.45, 2.75) is 6.61 Å². The van der Waals surface area contributed by atoms with Gasteiger partial charge in [0, 0.05) is 30.2 Å². The summed E-state index contributed by atoms with van der Waals surface area (Å²) in [6.07, 6.45) is 1.61. The van der Waals surface area contributed by atoms with Crippen LogP contribution in [-0.4, -0.2) is 59.1 Å². The molecule has 3 rings (SSSR count). The van der Waals surface area contributed by atoms with E-state index in [1.54, 1.807) is 63.6 Å². The molecule has 0 unspecified atom stereocenters. The largest absolute Gasteiger partial charge is 0.496 e. The van der Waals surface area contributed by atoms with E-state index in [0.29, 0.717) is 46.5 Å². The number of hydrogen-bond acceptors (Lipinski definition) is 8. The Labute approximate surface area is 199 Å². The van der Waals surface area contributed by atoms with Gasteiger partial charge < -0.3 is 23.7 Å². The minimum Gasteiger partial charge on any atom is -0.496 e. The van der Waals surface area contributed by atoms with Crippen LogP contribution < -0.4 is 23.7 Å². The summed E-state index contributed by atoms with van der Waals surface area (Å²) in [7, 11) is 6.25. The predicted octanol–water partition coefficient (Wildman–Crippen LogP) is 4.27. The highest BCUT2D eigenvalue weighted by Crippen LogP contribution is 2.33. The minimum absolute atomic E-state index is 0.0711. The van der Waals surface area contributed by atoms with Crippen molar-refractivity contribution in [3.8, 4) is 34.3 Å². The van der Waals surface area contributed by atoms with Gasteiger partial charge in [-0.1, -0.05) is 0 Å². The lowest BCUT2D eigenvalue weighted by molar-refractivity contribution is -0.0498. The number of nitrogens with zero attached hydrogens (tertiary/aromatic N) is 3. The number of aromatic nitrogens is 1. The third-order valence-corrected chi connectivity index (χ3v) is 5.51. The van der Waals surface area contributed by atoms with Gasteiger partial charge in [0.25, 0.3) is 0 Å². The van der Waals surface area contributed by atoms with Crippen LogP contribution in [0.1, 0.15) is 5.56 Å². The Morgan fingerprint density at radius 1 is 0.971 bits per heavy atom. The molecule has 182 valence electrons. The number of rotatable bonds is 11. The number of halogens is 2. The molecule has 0 radical (unpaired) electrons. The highest BCUT2D eigenvalue weighted by atomic mass is 32.1. The molecule has 2 aromatic carbocycles. The number of ether oxygens (including phenoxy) is 5. The zero-order valence-corrected chi connectivity index (χ0v) is 20.0. The number of alkyl halides is 2. The zero-order chi connectivity index (χ0) is 24.5. The summed E-state index contributed by atoms with van der Waals surface area (Å²) < 4.78 is 52.5. The second-order valence-corrected chi connectivity index (χ2v) is 7.52. The summed E-state index contributed by atoms with van der Waals surface area (Å²) in [4.78, 5) is 5.19. The van der Waals surface area contributed by atoms with Gasteiger partial charge in [0.15, 0.2) is 0 Å². The summed E-state index contributed by atoms with van der Waals surface area (Å²) in [5.74, 6) is 1.69. The van der Waals surface area contributed by atoms with Crippen LogP contribution in [0.25, 0.3) is 11.3 Å². The standard InChI is InChI=1S/C23H25F2N3O5S/c1-29-10-9-26-23-28(19(14-34-23)15-5-7-16(8-6-15)33-22(24)25)27-13-18-20(31-3)11-17(30-2)12-21(18)32-4/h5-8,11-14,22H,9-10H2,1-4H3/b26-23?,27-13+. The van der Waals surface area contributed by atoms with Gasteiger partial charge in [-0.05, 0) is 24.3 Å². The Hall–Kier alpha value is -3.44. The van der Waals surface area contributed by atoms with Crippen molar-refractivity contribution >= 4 is 17.6 Å². The SMILES string of the molecule is COCCN=c1scc(-c2ccc(OC(F)F)cc2)n1/N=C/c1c(OC)cc(OC)cc1OC. The van der Waals surface area contributed by atoms with Gasteiger partial charge >= 0.3 is 6.61 Å².